The van der Waals surface area contributed by atoms with Gasteiger partial charge in [-0.1, -0.05) is 17.2 Å². The minimum absolute atomic E-state index is 0.0496. The maximum atomic E-state index is 5.60. The van der Waals surface area contributed by atoms with Crippen molar-refractivity contribution in [2.75, 3.05) is 11.9 Å². The summed E-state index contributed by atoms with van der Waals surface area (Å²) in [5.41, 5.74) is 2.15. The van der Waals surface area contributed by atoms with Crippen molar-refractivity contribution in [3.8, 4) is 5.69 Å². The van der Waals surface area contributed by atoms with Crippen molar-refractivity contribution in [3.63, 3.8) is 0 Å². The van der Waals surface area contributed by atoms with Gasteiger partial charge in [0.25, 0.3) is 0 Å². The number of hydrogen-bond acceptors (Lipinski definition) is 6. The summed E-state index contributed by atoms with van der Waals surface area (Å²) in [6.45, 7) is 1.38. The fourth-order valence-electron chi connectivity index (χ4n) is 2.57. The van der Waals surface area contributed by atoms with Gasteiger partial charge in [0.15, 0.2) is 0 Å². The summed E-state index contributed by atoms with van der Waals surface area (Å²) in [6.07, 6.45) is 5.61. The molecule has 1 aromatic carbocycles. The van der Waals surface area contributed by atoms with Gasteiger partial charge in [0.2, 0.25) is 5.89 Å². The summed E-state index contributed by atoms with van der Waals surface area (Å²) in [6, 6.07) is 10.5. The second-order valence-corrected chi connectivity index (χ2v) is 5.42. The molecule has 0 spiro atoms. The Bertz CT molecular complexity index is 745. The Balaban J connectivity index is 1.37. The van der Waals surface area contributed by atoms with Gasteiger partial charge in [-0.3, -0.25) is 0 Å². The summed E-state index contributed by atoms with van der Waals surface area (Å²) in [5.74, 6) is 0.555. The molecule has 0 amide bonds. The zero-order valence-corrected chi connectivity index (χ0v) is 12.6. The molecule has 1 fully saturated rings. The zero-order chi connectivity index (χ0) is 15.5. The molecule has 7 heteroatoms. The van der Waals surface area contributed by atoms with Crippen molar-refractivity contribution >= 4 is 6.01 Å². The largest absolute Gasteiger partial charge is 0.405 e. The van der Waals surface area contributed by atoms with Gasteiger partial charge in [-0.05, 0) is 36.6 Å². The van der Waals surface area contributed by atoms with Crippen LogP contribution >= 0.6 is 0 Å². The first-order valence-electron chi connectivity index (χ1n) is 7.66. The molecule has 1 N–H and O–H groups in total. The van der Waals surface area contributed by atoms with Gasteiger partial charge < -0.3 is 14.5 Å². The Kier molecular flexibility index (Phi) is 3.77. The molecule has 118 valence electrons. The van der Waals surface area contributed by atoms with Crippen LogP contribution in [0.15, 0.2) is 47.1 Å². The number of anilines is 1. The highest BCUT2D eigenvalue weighted by Gasteiger charge is 2.23. The van der Waals surface area contributed by atoms with E-state index in [1.165, 1.54) is 0 Å². The Morgan fingerprint density at radius 1 is 1.22 bits per heavy atom. The quantitative estimate of drug-likeness (QED) is 0.780. The van der Waals surface area contributed by atoms with E-state index in [1.807, 2.05) is 41.2 Å². The second kappa shape index (κ2) is 6.21. The van der Waals surface area contributed by atoms with Gasteiger partial charge in [-0.2, -0.15) is 5.10 Å². The topological polar surface area (TPSA) is 78.0 Å². The molecule has 0 saturated carbocycles. The van der Waals surface area contributed by atoms with Crippen LogP contribution in [0.2, 0.25) is 0 Å². The standard InChI is InChI=1S/C16H17N5O2/c1-3-14(22-10-1)15-19-20-16(23-15)17-11-12-4-6-13(7-5-12)21-9-2-8-18-21/h2,4-9,14H,1,3,10-11H2,(H,17,20)/t14-/m0/s1. The van der Waals surface area contributed by atoms with E-state index < -0.39 is 0 Å². The lowest BCUT2D eigenvalue weighted by Gasteiger charge is -2.05. The minimum atomic E-state index is -0.0496. The third kappa shape index (κ3) is 3.09. The molecule has 0 bridgehead atoms. The molecule has 1 saturated heterocycles. The third-order valence-corrected chi connectivity index (χ3v) is 3.79. The van der Waals surface area contributed by atoms with Gasteiger partial charge in [-0.25, -0.2) is 4.68 Å². The maximum Gasteiger partial charge on any atom is 0.315 e. The molecule has 0 aliphatic carbocycles. The van der Waals surface area contributed by atoms with Gasteiger partial charge in [0.05, 0.1) is 5.69 Å². The van der Waals surface area contributed by atoms with Gasteiger partial charge in [0, 0.05) is 25.5 Å². The number of rotatable bonds is 5. The van der Waals surface area contributed by atoms with E-state index in [9.17, 15) is 0 Å². The number of ether oxygens (including phenoxy) is 1. The molecule has 1 aliphatic heterocycles. The highest BCUT2D eigenvalue weighted by molar-refractivity contribution is 5.35. The summed E-state index contributed by atoms with van der Waals surface area (Å²) in [4.78, 5) is 0. The average Bonchev–Trinajstić information content (AvgIpc) is 3.35. The molecule has 7 nitrogen and oxygen atoms in total. The maximum absolute atomic E-state index is 5.60. The van der Waals surface area contributed by atoms with Crippen LogP contribution in [0, 0.1) is 0 Å². The number of nitrogens with one attached hydrogen (secondary N) is 1. The van der Waals surface area contributed by atoms with Crippen LogP contribution in [0.4, 0.5) is 6.01 Å². The van der Waals surface area contributed by atoms with Gasteiger partial charge >= 0.3 is 6.01 Å². The highest BCUT2D eigenvalue weighted by Crippen LogP contribution is 2.28. The van der Waals surface area contributed by atoms with Crippen LogP contribution in [0.25, 0.3) is 5.69 Å². The molecule has 1 atom stereocenters. The molecule has 0 unspecified atom stereocenters. The first-order valence-corrected chi connectivity index (χ1v) is 7.66. The Morgan fingerprint density at radius 3 is 2.87 bits per heavy atom. The number of benzene rings is 1. The average molecular weight is 311 g/mol. The predicted octanol–water partition coefficient (Wildman–Crippen LogP) is 2.72. The number of hydrogen-bond donors (Lipinski definition) is 1. The monoisotopic (exact) mass is 311 g/mol. The van der Waals surface area contributed by atoms with Gasteiger partial charge in [-0.15, -0.1) is 5.10 Å². The molecule has 3 heterocycles. The van der Waals surface area contributed by atoms with Crippen LogP contribution in [0.5, 0.6) is 0 Å². The normalized spacial score (nSPS) is 17.5. The summed E-state index contributed by atoms with van der Waals surface area (Å²) in [5, 5.41) is 15.4. The van der Waals surface area contributed by atoms with E-state index in [2.05, 4.69) is 20.6 Å². The fraction of sp³-hybridized carbons (Fsp3) is 0.312. The Morgan fingerprint density at radius 2 is 2.13 bits per heavy atom. The van der Waals surface area contributed by atoms with Gasteiger partial charge in [0.1, 0.15) is 6.10 Å². The second-order valence-electron chi connectivity index (χ2n) is 5.42. The molecular weight excluding hydrogens is 294 g/mol. The Labute approximate surface area is 133 Å². The zero-order valence-electron chi connectivity index (χ0n) is 12.6. The molecule has 4 rings (SSSR count). The van der Waals surface area contributed by atoms with Crippen LogP contribution in [0.3, 0.4) is 0 Å². The smallest absolute Gasteiger partial charge is 0.315 e. The molecular formula is C16H17N5O2. The van der Waals surface area contributed by atoms with E-state index >= 15 is 0 Å². The molecule has 23 heavy (non-hydrogen) atoms. The lowest BCUT2D eigenvalue weighted by Crippen LogP contribution is -2.00. The molecule has 3 aromatic rings. The van der Waals surface area contributed by atoms with Crippen molar-refractivity contribution in [1.29, 1.82) is 0 Å². The van der Waals surface area contributed by atoms with Crippen molar-refractivity contribution in [2.24, 2.45) is 0 Å². The summed E-state index contributed by atoms with van der Waals surface area (Å²) < 4.78 is 13.0. The van der Waals surface area contributed by atoms with Crippen molar-refractivity contribution in [3.05, 3.63) is 54.2 Å². The minimum Gasteiger partial charge on any atom is -0.405 e. The van der Waals surface area contributed by atoms with E-state index in [0.29, 0.717) is 18.5 Å². The summed E-state index contributed by atoms with van der Waals surface area (Å²) in [7, 11) is 0. The van der Waals surface area contributed by atoms with Crippen molar-refractivity contribution in [2.45, 2.75) is 25.5 Å². The van der Waals surface area contributed by atoms with Crippen molar-refractivity contribution in [1.82, 2.24) is 20.0 Å². The van der Waals surface area contributed by atoms with E-state index in [1.54, 1.807) is 6.20 Å². The van der Waals surface area contributed by atoms with Crippen molar-refractivity contribution < 1.29 is 9.15 Å². The molecule has 0 radical (unpaired) electrons. The first-order chi connectivity index (χ1) is 11.4. The van der Waals surface area contributed by atoms with Crippen LogP contribution in [-0.4, -0.2) is 26.6 Å². The number of aromatic nitrogens is 4. The number of nitrogens with zero attached hydrogens (tertiary/aromatic N) is 4. The SMILES string of the molecule is c1cnn(-c2ccc(CNc3nnc([C@@H]4CCCO4)o3)cc2)c1. The third-order valence-electron chi connectivity index (χ3n) is 3.79. The molecule has 2 aromatic heterocycles. The highest BCUT2D eigenvalue weighted by atomic mass is 16.5. The van der Waals surface area contributed by atoms with E-state index in [4.69, 9.17) is 9.15 Å². The Hall–Kier alpha value is -2.67. The van der Waals surface area contributed by atoms with Crippen LogP contribution < -0.4 is 5.32 Å². The first kappa shape index (κ1) is 14.0. The van der Waals surface area contributed by atoms with Crippen LogP contribution in [0.1, 0.15) is 30.4 Å². The van der Waals surface area contributed by atoms with E-state index in [-0.39, 0.29) is 6.10 Å². The van der Waals surface area contributed by atoms with E-state index in [0.717, 1.165) is 30.7 Å². The summed E-state index contributed by atoms with van der Waals surface area (Å²) >= 11 is 0. The lowest BCUT2D eigenvalue weighted by atomic mass is 10.2. The van der Waals surface area contributed by atoms with Crippen LogP contribution in [-0.2, 0) is 11.3 Å². The molecule has 1 aliphatic rings. The fourth-order valence-corrected chi connectivity index (χ4v) is 2.57. The lowest BCUT2D eigenvalue weighted by molar-refractivity contribution is 0.0897. The predicted molar refractivity (Wildman–Crippen MR) is 83.1 cm³/mol.